The normalized spacial score (nSPS) is 11.0. The lowest BCUT2D eigenvalue weighted by Crippen LogP contribution is -2.24. The summed E-state index contributed by atoms with van der Waals surface area (Å²) >= 11 is 1.48. The van der Waals surface area contributed by atoms with Gasteiger partial charge < -0.3 is 9.84 Å². The van der Waals surface area contributed by atoms with Crippen LogP contribution in [0.2, 0.25) is 0 Å². The van der Waals surface area contributed by atoms with E-state index in [-0.39, 0.29) is 12.3 Å². The first-order valence-electron chi connectivity index (χ1n) is 7.70. The fraction of sp³-hybridized carbons (Fsp3) is 0.294. The van der Waals surface area contributed by atoms with Crippen LogP contribution in [0.1, 0.15) is 36.9 Å². The van der Waals surface area contributed by atoms with Gasteiger partial charge in [-0.3, -0.25) is 9.78 Å². The summed E-state index contributed by atoms with van der Waals surface area (Å²) in [6.45, 7) is 4.42. The topological polar surface area (TPSA) is 80.9 Å². The van der Waals surface area contributed by atoms with Crippen molar-refractivity contribution >= 4 is 17.2 Å². The van der Waals surface area contributed by atoms with Gasteiger partial charge in [-0.2, -0.15) is 0 Å². The molecule has 0 bridgehead atoms. The molecule has 0 aliphatic carbocycles. The molecule has 0 spiro atoms. The molecular weight excluding hydrogens is 324 g/mol. The van der Waals surface area contributed by atoms with E-state index in [0.29, 0.717) is 18.2 Å². The summed E-state index contributed by atoms with van der Waals surface area (Å²) in [4.78, 5) is 20.8. The smallest absolute Gasteiger partial charge is 0.226 e. The fourth-order valence-corrected chi connectivity index (χ4v) is 2.89. The second kappa shape index (κ2) is 7.35. The van der Waals surface area contributed by atoms with E-state index in [2.05, 4.69) is 20.4 Å². The van der Waals surface area contributed by atoms with Crippen molar-refractivity contribution in [2.24, 2.45) is 0 Å². The van der Waals surface area contributed by atoms with Crippen LogP contribution in [0.4, 0.5) is 0 Å². The second-order valence-electron chi connectivity index (χ2n) is 5.69. The summed E-state index contributed by atoms with van der Waals surface area (Å²) in [7, 11) is 0. The maximum absolute atomic E-state index is 12.0. The molecule has 0 aliphatic heterocycles. The fourth-order valence-electron chi connectivity index (χ4n) is 2.09. The van der Waals surface area contributed by atoms with Gasteiger partial charge >= 0.3 is 0 Å². The quantitative estimate of drug-likeness (QED) is 0.744. The number of thiazole rings is 1. The summed E-state index contributed by atoms with van der Waals surface area (Å²) < 4.78 is 5.20. The van der Waals surface area contributed by atoms with E-state index in [1.807, 2.05) is 43.5 Å². The molecule has 124 valence electrons. The van der Waals surface area contributed by atoms with Gasteiger partial charge in [0.25, 0.3) is 0 Å². The van der Waals surface area contributed by atoms with Crippen LogP contribution in [-0.4, -0.2) is 21.0 Å². The number of aromatic nitrogens is 3. The van der Waals surface area contributed by atoms with Crippen LogP contribution in [0.3, 0.4) is 0 Å². The number of nitrogens with zero attached hydrogens (tertiary/aromatic N) is 3. The number of carbonyl (C=O) groups is 1. The maximum atomic E-state index is 12.0. The first-order chi connectivity index (χ1) is 11.6. The molecule has 0 saturated heterocycles. The standard InChI is InChI=1S/C17H18N4O2S/c1-11(2)15-8-13(23-21-15)9-19-16(22)7-12-10-24-17(20-12)14-5-3-4-6-18-14/h3-6,8,10-11H,7,9H2,1-2H3,(H,19,22). The van der Waals surface area contributed by atoms with Gasteiger partial charge in [0, 0.05) is 17.6 Å². The Kier molecular flexibility index (Phi) is 5.00. The van der Waals surface area contributed by atoms with E-state index >= 15 is 0 Å². The highest BCUT2D eigenvalue weighted by atomic mass is 32.1. The lowest BCUT2D eigenvalue weighted by Gasteiger charge is -2.00. The first kappa shape index (κ1) is 16.3. The summed E-state index contributed by atoms with van der Waals surface area (Å²) in [5.41, 5.74) is 2.44. The predicted molar refractivity (Wildman–Crippen MR) is 91.5 cm³/mol. The highest BCUT2D eigenvalue weighted by Gasteiger charge is 2.11. The first-order valence-corrected chi connectivity index (χ1v) is 8.58. The van der Waals surface area contributed by atoms with Crippen molar-refractivity contribution in [1.82, 2.24) is 20.4 Å². The van der Waals surface area contributed by atoms with E-state index in [1.54, 1.807) is 6.20 Å². The molecule has 0 fully saturated rings. The number of hydrogen-bond acceptors (Lipinski definition) is 6. The molecule has 1 amide bonds. The minimum Gasteiger partial charge on any atom is -0.359 e. The van der Waals surface area contributed by atoms with Crippen LogP contribution in [0, 0.1) is 0 Å². The van der Waals surface area contributed by atoms with Crippen molar-refractivity contribution in [2.75, 3.05) is 0 Å². The Morgan fingerprint density at radius 1 is 1.38 bits per heavy atom. The van der Waals surface area contributed by atoms with Gasteiger partial charge in [-0.15, -0.1) is 11.3 Å². The highest BCUT2D eigenvalue weighted by molar-refractivity contribution is 7.13. The summed E-state index contributed by atoms with van der Waals surface area (Å²) in [5.74, 6) is 0.855. The van der Waals surface area contributed by atoms with Crippen LogP contribution >= 0.6 is 11.3 Å². The predicted octanol–water partition coefficient (Wildman–Crippen LogP) is 3.18. The molecule has 24 heavy (non-hydrogen) atoms. The van der Waals surface area contributed by atoms with Crippen molar-refractivity contribution < 1.29 is 9.32 Å². The van der Waals surface area contributed by atoms with E-state index in [0.717, 1.165) is 22.1 Å². The molecule has 1 N–H and O–H groups in total. The number of pyridine rings is 1. The number of amides is 1. The van der Waals surface area contributed by atoms with Crippen LogP contribution in [0.25, 0.3) is 10.7 Å². The molecule has 3 rings (SSSR count). The zero-order chi connectivity index (χ0) is 16.9. The Morgan fingerprint density at radius 3 is 2.96 bits per heavy atom. The molecule has 0 radical (unpaired) electrons. The average Bonchev–Trinajstić information content (AvgIpc) is 3.23. The third-order valence-electron chi connectivity index (χ3n) is 3.41. The van der Waals surface area contributed by atoms with Crippen molar-refractivity contribution in [3.8, 4) is 10.7 Å². The average molecular weight is 342 g/mol. The van der Waals surface area contributed by atoms with Gasteiger partial charge in [0.2, 0.25) is 5.91 Å². The van der Waals surface area contributed by atoms with Crippen molar-refractivity contribution in [1.29, 1.82) is 0 Å². The molecule has 0 aliphatic rings. The van der Waals surface area contributed by atoms with Gasteiger partial charge in [0.15, 0.2) is 5.76 Å². The Morgan fingerprint density at radius 2 is 2.25 bits per heavy atom. The van der Waals surface area contributed by atoms with E-state index in [1.165, 1.54) is 11.3 Å². The van der Waals surface area contributed by atoms with Crippen molar-refractivity contribution in [2.45, 2.75) is 32.7 Å². The number of nitrogens with one attached hydrogen (secondary N) is 1. The molecule has 6 nitrogen and oxygen atoms in total. The van der Waals surface area contributed by atoms with Crippen molar-refractivity contribution in [3.63, 3.8) is 0 Å². The number of hydrogen-bond donors (Lipinski definition) is 1. The van der Waals surface area contributed by atoms with Gasteiger partial charge in [0.05, 0.1) is 30.0 Å². The largest absolute Gasteiger partial charge is 0.359 e. The number of rotatable bonds is 6. The Balaban J connectivity index is 1.54. The van der Waals surface area contributed by atoms with Crippen LogP contribution in [0.5, 0.6) is 0 Å². The minimum atomic E-state index is -0.102. The van der Waals surface area contributed by atoms with E-state index < -0.39 is 0 Å². The van der Waals surface area contributed by atoms with Crippen LogP contribution in [-0.2, 0) is 17.8 Å². The van der Waals surface area contributed by atoms with Gasteiger partial charge in [-0.25, -0.2) is 4.98 Å². The third-order valence-corrected chi connectivity index (χ3v) is 4.32. The minimum absolute atomic E-state index is 0.102. The van der Waals surface area contributed by atoms with Crippen LogP contribution in [0.15, 0.2) is 40.4 Å². The zero-order valence-corrected chi connectivity index (χ0v) is 14.3. The van der Waals surface area contributed by atoms with E-state index in [4.69, 9.17) is 4.52 Å². The van der Waals surface area contributed by atoms with Gasteiger partial charge in [-0.05, 0) is 18.1 Å². The molecule has 7 heteroatoms. The molecule has 0 saturated carbocycles. The molecule has 0 aromatic carbocycles. The van der Waals surface area contributed by atoms with E-state index in [9.17, 15) is 4.79 Å². The summed E-state index contributed by atoms with van der Waals surface area (Å²) in [6.07, 6.45) is 1.96. The number of carbonyl (C=O) groups excluding carboxylic acids is 1. The second-order valence-corrected chi connectivity index (χ2v) is 6.54. The Hall–Kier alpha value is -2.54. The molecule has 3 aromatic heterocycles. The van der Waals surface area contributed by atoms with Crippen LogP contribution < -0.4 is 5.32 Å². The molecular formula is C17H18N4O2S. The summed E-state index contributed by atoms with van der Waals surface area (Å²) in [5, 5.41) is 9.49. The zero-order valence-electron chi connectivity index (χ0n) is 13.5. The molecule has 0 atom stereocenters. The summed E-state index contributed by atoms with van der Waals surface area (Å²) in [6, 6.07) is 7.55. The molecule has 3 heterocycles. The maximum Gasteiger partial charge on any atom is 0.226 e. The Bertz CT molecular complexity index is 811. The lowest BCUT2D eigenvalue weighted by molar-refractivity contribution is -0.120. The monoisotopic (exact) mass is 342 g/mol. The third kappa shape index (κ3) is 4.05. The molecule has 0 unspecified atom stereocenters. The highest BCUT2D eigenvalue weighted by Crippen LogP contribution is 2.21. The van der Waals surface area contributed by atoms with Crippen molar-refractivity contribution in [3.05, 3.63) is 53.0 Å². The van der Waals surface area contributed by atoms with Gasteiger partial charge in [-0.1, -0.05) is 25.1 Å². The lowest BCUT2D eigenvalue weighted by atomic mass is 10.1. The molecule has 3 aromatic rings. The van der Waals surface area contributed by atoms with Gasteiger partial charge in [0.1, 0.15) is 5.01 Å². The Labute approximate surface area is 143 Å². The SMILES string of the molecule is CC(C)c1cc(CNC(=O)Cc2csc(-c3ccccn3)n2)on1.